The summed E-state index contributed by atoms with van der Waals surface area (Å²) in [6, 6.07) is 2.57. The summed E-state index contributed by atoms with van der Waals surface area (Å²) in [5.41, 5.74) is 0. The summed E-state index contributed by atoms with van der Waals surface area (Å²) in [7, 11) is 0. The van der Waals surface area contributed by atoms with E-state index < -0.39 is 6.09 Å². The summed E-state index contributed by atoms with van der Waals surface area (Å²) >= 11 is 11.5. The maximum absolute atomic E-state index is 11.7. The first kappa shape index (κ1) is 12.3. The highest BCUT2D eigenvalue weighted by atomic mass is 35.5. The van der Waals surface area contributed by atoms with Crippen LogP contribution >= 0.6 is 23.2 Å². The molecule has 1 aromatic rings. The van der Waals surface area contributed by atoms with E-state index in [0.717, 1.165) is 12.8 Å². The van der Waals surface area contributed by atoms with E-state index in [-0.39, 0.29) is 21.5 Å². The first-order valence-electron chi connectivity index (χ1n) is 5.22. The molecule has 1 aromatic carbocycles. The smallest absolute Gasteiger partial charge is 0.415 e. The Bertz CT molecular complexity index is 445. The normalized spacial score (nSPS) is 15.1. The standard InChI is InChI=1S/C11H11Cl2NO3/c12-7-5-8(13)10(6-9(7)15)17-11(16)14-3-1-2-4-14/h5-6,15H,1-4H2. The van der Waals surface area contributed by atoms with Gasteiger partial charge in [-0.2, -0.15) is 0 Å². The lowest BCUT2D eigenvalue weighted by atomic mass is 10.3. The van der Waals surface area contributed by atoms with Crippen molar-refractivity contribution in [3.8, 4) is 11.5 Å². The van der Waals surface area contributed by atoms with Gasteiger partial charge in [0.05, 0.1) is 10.0 Å². The van der Waals surface area contributed by atoms with Crippen LogP contribution in [0.5, 0.6) is 11.5 Å². The van der Waals surface area contributed by atoms with Crippen molar-refractivity contribution in [2.24, 2.45) is 0 Å². The van der Waals surface area contributed by atoms with Crippen LogP contribution in [-0.2, 0) is 0 Å². The highest BCUT2D eigenvalue weighted by Gasteiger charge is 2.21. The Hall–Kier alpha value is -1.13. The van der Waals surface area contributed by atoms with Crippen LogP contribution in [0.1, 0.15) is 12.8 Å². The number of carbonyl (C=O) groups excluding carboxylic acids is 1. The zero-order chi connectivity index (χ0) is 12.4. The molecule has 0 unspecified atom stereocenters. The average Bonchev–Trinajstić information content (AvgIpc) is 2.79. The molecular weight excluding hydrogens is 265 g/mol. The number of nitrogens with zero attached hydrogens (tertiary/aromatic N) is 1. The number of hydrogen-bond donors (Lipinski definition) is 1. The molecule has 4 nitrogen and oxygen atoms in total. The summed E-state index contributed by atoms with van der Waals surface area (Å²) in [5, 5.41) is 9.72. The van der Waals surface area contributed by atoms with Crippen molar-refractivity contribution in [3.05, 3.63) is 22.2 Å². The van der Waals surface area contributed by atoms with E-state index in [1.165, 1.54) is 12.1 Å². The summed E-state index contributed by atoms with van der Waals surface area (Å²) in [6.07, 6.45) is 1.51. The molecule has 1 N–H and O–H groups in total. The molecule has 0 saturated carbocycles. The van der Waals surface area contributed by atoms with E-state index in [2.05, 4.69) is 0 Å². The minimum absolute atomic E-state index is 0.116. The molecule has 92 valence electrons. The van der Waals surface area contributed by atoms with Crippen LogP contribution in [0.3, 0.4) is 0 Å². The molecule has 1 amide bonds. The summed E-state index contributed by atoms with van der Waals surface area (Å²) in [5.74, 6) is -0.0502. The van der Waals surface area contributed by atoms with E-state index in [9.17, 15) is 9.90 Å². The van der Waals surface area contributed by atoms with Crippen LogP contribution in [0, 0.1) is 0 Å². The van der Waals surface area contributed by atoms with Gasteiger partial charge in [-0.15, -0.1) is 0 Å². The largest absolute Gasteiger partial charge is 0.506 e. The predicted molar refractivity (Wildman–Crippen MR) is 65.0 cm³/mol. The Morgan fingerprint density at radius 3 is 2.53 bits per heavy atom. The van der Waals surface area contributed by atoms with Crippen molar-refractivity contribution in [1.29, 1.82) is 0 Å². The number of halogens is 2. The highest BCUT2D eigenvalue weighted by Crippen LogP contribution is 2.35. The SMILES string of the molecule is O=C(Oc1cc(O)c(Cl)cc1Cl)N1CCCC1. The molecule has 1 heterocycles. The quantitative estimate of drug-likeness (QED) is 0.856. The van der Waals surface area contributed by atoms with Crippen molar-refractivity contribution in [3.63, 3.8) is 0 Å². The summed E-state index contributed by atoms with van der Waals surface area (Å²) in [4.78, 5) is 13.3. The average molecular weight is 276 g/mol. The van der Waals surface area contributed by atoms with Gasteiger partial charge in [-0.1, -0.05) is 23.2 Å². The van der Waals surface area contributed by atoms with Crippen LogP contribution in [0.4, 0.5) is 4.79 Å². The van der Waals surface area contributed by atoms with Crippen LogP contribution in [0.25, 0.3) is 0 Å². The fourth-order valence-corrected chi connectivity index (χ4v) is 2.08. The van der Waals surface area contributed by atoms with E-state index in [1.807, 2.05) is 0 Å². The molecule has 0 aliphatic carbocycles. The maximum Gasteiger partial charge on any atom is 0.415 e. The molecule has 0 spiro atoms. The number of rotatable bonds is 1. The van der Waals surface area contributed by atoms with Gasteiger partial charge in [0.25, 0.3) is 0 Å². The Balaban J connectivity index is 2.12. The van der Waals surface area contributed by atoms with Gasteiger partial charge < -0.3 is 14.7 Å². The Morgan fingerprint density at radius 1 is 1.24 bits per heavy atom. The third-order valence-electron chi connectivity index (χ3n) is 2.56. The fraction of sp³-hybridized carbons (Fsp3) is 0.364. The Labute approximate surface area is 109 Å². The molecule has 1 saturated heterocycles. The van der Waals surface area contributed by atoms with Gasteiger partial charge in [0, 0.05) is 19.2 Å². The number of aromatic hydroxyl groups is 1. The van der Waals surface area contributed by atoms with Gasteiger partial charge in [0.2, 0.25) is 0 Å². The summed E-state index contributed by atoms with van der Waals surface area (Å²) < 4.78 is 5.10. The molecule has 17 heavy (non-hydrogen) atoms. The molecule has 1 aliphatic rings. The topological polar surface area (TPSA) is 49.8 Å². The van der Waals surface area contributed by atoms with E-state index >= 15 is 0 Å². The van der Waals surface area contributed by atoms with E-state index in [4.69, 9.17) is 27.9 Å². The Kier molecular flexibility index (Phi) is 3.64. The number of likely N-dealkylation sites (tertiary alicyclic amines) is 1. The van der Waals surface area contributed by atoms with Crippen LogP contribution in [-0.4, -0.2) is 29.2 Å². The number of amides is 1. The molecular formula is C11H11Cl2NO3. The number of hydrogen-bond acceptors (Lipinski definition) is 3. The van der Waals surface area contributed by atoms with Crippen LogP contribution in [0.15, 0.2) is 12.1 Å². The van der Waals surface area contributed by atoms with Crippen molar-refractivity contribution in [2.45, 2.75) is 12.8 Å². The monoisotopic (exact) mass is 275 g/mol. The van der Waals surface area contributed by atoms with Gasteiger partial charge in [-0.3, -0.25) is 0 Å². The zero-order valence-corrected chi connectivity index (χ0v) is 10.5. The molecule has 0 bridgehead atoms. The van der Waals surface area contributed by atoms with Crippen LogP contribution < -0.4 is 4.74 Å². The second kappa shape index (κ2) is 5.02. The molecule has 1 fully saturated rings. The van der Waals surface area contributed by atoms with Gasteiger partial charge in [-0.25, -0.2) is 4.79 Å². The first-order chi connectivity index (χ1) is 8.08. The molecule has 1 aliphatic heterocycles. The lowest BCUT2D eigenvalue weighted by molar-refractivity contribution is 0.162. The number of benzene rings is 1. The van der Waals surface area contributed by atoms with Crippen LogP contribution in [0.2, 0.25) is 10.0 Å². The van der Waals surface area contributed by atoms with Gasteiger partial charge >= 0.3 is 6.09 Å². The molecule has 0 aromatic heterocycles. The highest BCUT2D eigenvalue weighted by molar-refractivity contribution is 6.36. The number of phenols is 1. The van der Waals surface area contributed by atoms with Crippen molar-refractivity contribution in [2.75, 3.05) is 13.1 Å². The van der Waals surface area contributed by atoms with Crippen molar-refractivity contribution < 1.29 is 14.6 Å². The third kappa shape index (κ3) is 2.76. The van der Waals surface area contributed by atoms with E-state index in [0.29, 0.717) is 13.1 Å². The molecule has 0 atom stereocenters. The minimum Gasteiger partial charge on any atom is -0.506 e. The number of ether oxygens (including phenoxy) is 1. The summed E-state index contributed by atoms with van der Waals surface area (Å²) in [6.45, 7) is 1.38. The third-order valence-corrected chi connectivity index (χ3v) is 3.16. The second-order valence-electron chi connectivity index (χ2n) is 3.80. The fourth-order valence-electron chi connectivity index (χ4n) is 1.65. The minimum atomic E-state index is -0.453. The number of carbonyl (C=O) groups is 1. The first-order valence-corrected chi connectivity index (χ1v) is 5.98. The maximum atomic E-state index is 11.7. The lowest BCUT2D eigenvalue weighted by Crippen LogP contribution is -2.30. The lowest BCUT2D eigenvalue weighted by Gasteiger charge is -2.15. The second-order valence-corrected chi connectivity index (χ2v) is 4.61. The van der Waals surface area contributed by atoms with Gasteiger partial charge in [0.1, 0.15) is 5.75 Å². The van der Waals surface area contributed by atoms with Crippen molar-refractivity contribution in [1.82, 2.24) is 4.90 Å². The molecule has 6 heteroatoms. The van der Waals surface area contributed by atoms with Crippen molar-refractivity contribution >= 4 is 29.3 Å². The molecule has 0 radical (unpaired) electrons. The zero-order valence-electron chi connectivity index (χ0n) is 8.95. The van der Waals surface area contributed by atoms with E-state index in [1.54, 1.807) is 4.90 Å². The Morgan fingerprint density at radius 2 is 1.88 bits per heavy atom. The number of phenolic OH excluding ortho intramolecular Hbond substituents is 1. The van der Waals surface area contributed by atoms with Gasteiger partial charge in [0.15, 0.2) is 5.75 Å². The van der Waals surface area contributed by atoms with Gasteiger partial charge in [-0.05, 0) is 18.9 Å². The predicted octanol–water partition coefficient (Wildman–Crippen LogP) is 3.29. The molecule has 2 rings (SSSR count).